The molecule has 0 atom stereocenters. The second-order valence-electron chi connectivity index (χ2n) is 6.66. The summed E-state index contributed by atoms with van der Waals surface area (Å²) in [4.78, 5) is 26.6. The van der Waals surface area contributed by atoms with Crippen LogP contribution >= 0.6 is 11.6 Å². The highest BCUT2D eigenvalue weighted by Gasteiger charge is 2.22. The van der Waals surface area contributed by atoms with Gasteiger partial charge in [-0.05, 0) is 42.2 Å². The Morgan fingerprint density at radius 2 is 2.12 bits per heavy atom. The molecule has 3 aromatic rings. The summed E-state index contributed by atoms with van der Waals surface area (Å²) in [6, 6.07) is 11.3. The quantitative estimate of drug-likeness (QED) is 0.708. The van der Waals surface area contributed by atoms with Crippen molar-refractivity contribution in [1.29, 1.82) is 0 Å². The van der Waals surface area contributed by atoms with Gasteiger partial charge in [-0.2, -0.15) is 0 Å². The van der Waals surface area contributed by atoms with E-state index >= 15 is 0 Å². The molecule has 0 unspecified atom stereocenters. The first-order valence-corrected chi connectivity index (χ1v) is 9.05. The highest BCUT2D eigenvalue weighted by atomic mass is 35.5. The second kappa shape index (κ2) is 6.65. The highest BCUT2D eigenvalue weighted by Crippen LogP contribution is 2.23. The van der Waals surface area contributed by atoms with Crippen LogP contribution in [0.2, 0.25) is 5.02 Å². The highest BCUT2D eigenvalue weighted by molar-refractivity contribution is 6.31. The zero-order valence-corrected chi connectivity index (χ0v) is 15.3. The number of carbonyl (C=O) groups excluding carboxylic acids is 1. The number of halogens is 1. The lowest BCUT2D eigenvalue weighted by atomic mass is 9.95. The van der Waals surface area contributed by atoms with E-state index in [-0.39, 0.29) is 12.3 Å². The maximum absolute atomic E-state index is 12.6. The van der Waals surface area contributed by atoms with Crippen LogP contribution in [0.4, 0.5) is 0 Å². The van der Waals surface area contributed by atoms with Gasteiger partial charge in [0.2, 0.25) is 5.91 Å². The van der Waals surface area contributed by atoms with E-state index in [1.807, 2.05) is 11.0 Å². The molecule has 134 valence electrons. The van der Waals surface area contributed by atoms with Crippen molar-refractivity contribution in [2.75, 3.05) is 6.54 Å². The van der Waals surface area contributed by atoms with Gasteiger partial charge >= 0.3 is 5.76 Å². The van der Waals surface area contributed by atoms with Gasteiger partial charge in [0.1, 0.15) is 0 Å². The molecule has 0 saturated heterocycles. The number of nitrogens with zero attached hydrogens (tertiary/aromatic N) is 2. The summed E-state index contributed by atoms with van der Waals surface area (Å²) in [5.41, 5.74) is 4.95. The van der Waals surface area contributed by atoms with Crippen LogP contribution in [0, 0.1) is 6.92 Å². The molecule has 0 fully saturated rings. The number of aromatic nitrogens is 1. The van der Waals surface area contributed by atoms with Gasteiger partial charge < -0.3 is 9.32 Å². The Hall–Kier alpha value is -2.53. The van der Waals surface area contributed by atoms with Crippen LogP contribution in [0.15, 0.2) is 45.6 Å². The molecular formula is C20H19ClN2O3. The van der Waals surface area contributed by atoms with Crippen molar-refractivity contribution in [3.8, 4) is 0 Å². The van der Waals surface area contributed by atoms with Crippen molar-refractivity contribution in [3.63, 3.8) is 0 Å². The number of aryl methyl sites for hydroxylation is 2. The van der Waals surface area contributed by atoms with Crippen LogP contribution in [0.5, 0.6) is 0 Å². The Balaban J connectivity index is 1.48. The van der Waals surface area contributed by atoms with E-state index in [1.54, 1.807) is 18.2 Å². The van der Waals surface area contributed by atoms with Gasteiger partial charge in [-0.15, -0.1) is 0 Å². The van der Waals surface area contributed by atoms with Crippen LogP contribution in [0.25, 0.3) is 11.1 Å². The van der Waals surface area contributed by atoms with Gasteiger partial charge in [0.15, 0.2) is 5.58 Å². The van der Waals surface area contributed by atoms with Crippen molar-refractivity contribution in [2.24, 2.45) is 0 Å². The summed E-state index contributed by atoms with van der Waals surface area (Å²) in [6.45, 7) is 3.75. The number of amides is 1. The molecule has 26 heavy (non-hydrogen) atoms. The molecule has 4 rings (SSSR count). The minimum absolute atomic E-state index is 0.0485. The summed E-state index contributed by atoms with van der Waals surface area (Å²) in [5.74, 6) is -0.415. The molecule has 1 aromatic heterocycles. The predicted octanol–water partition coefficient (Wildman–Crippen LogP) is 3.53. The Morgan fingerprint density at radius 1 is 1.27 bits per heavy atom. The summed E-state index contributed by atoms with van der Waals surface area (Å²) in [6.07, 6.45) is 1.14. The van der Waals surface area contributed by atoms with E-state index in [1.165, 1.54) is 21.3 Å². The number of oxazole rings is 1. The molecule has 5 nitrogen and oxygen atoms in total. The van der Waals surface area contributed by atoms with Crippen LogP contribution in [-0.2, 0) is 24.3 Å². The fraction of sp³-hybridized carbons (Fsp3) is 0.300. The van der Waals surface area contributed by atoms with Gasteiger partial charge in [-0.25, -0.2) is 4.79 Å². The van der Waals surface area contributed by atoms with Gasteiger partial charge in [0, 0.05) is 37.1 Å². The zero-order valence-electron chi connectivity index (χ0n) is 14.5. The molecule has 2 aromatic carbocycles. The minimum atomic E-state index is -0.463. The lowest BCUT2D eigenvalue weighted by Gasteiger charge is -2.30. The molecule has 0 bridgehead atoms. The van der Waals surface area contributed by atoms with Gasteiger partial charge in [-0.3, -0.25) is 9.36 Å². The van der Waals surface area contributed by atoms with E-state index in [4.69, 9.17) is 16.0 Å². The van der Waals surface area contributed by atoms with Crippen molar-refractivity contribution < 1.29 is 9.21 Å². The van der Waals surface area contributed by atoms with Crippen molar-refractivity contribution in [3.05, 3.63) is 68.7 Å². The van der Waals surface area contributed by atoms with Crippen LogP contribution in [0.1, 0.15) is 23.1 Å². The molecular weight excluding hydrogens is 352 g/mol. The number of carbonyl (C=O) groups is 1. The first-order chi connectivity index (χ1) is 12.5. The van der Waals surface area contributed by atoms with E-state index in [0.717, 1.165) is 6.42 Å². The summed E-state index contributed by atoms with van der Waals surface area (Å²) in [5, 5.41) is 0.511. The predicted molar refractivity (Wildman–Crippen MR) is 100 cm³/mol. The Bertz CT molecular complexity index is 1050. The SMILES string of the molecule is Cc1cccc2c1CCN(C(=O)CCn1c(=O)oc3cc(Cl)ccc31)C2. The second-order valence-corrected chi connectivity index (χ2v) is 7.10. The van der Waals surface area contributed by atoms with Gasteiger partial charge in [0.05, 0.1) is 5.52 Å². The Labute approximate surface area is 155 Å². The molecule has 0 saturated carbocycles. The molecule has 0 radical (unpaired) electrons. The average molecular weight is 371 g/mol. The number of hydrogen-bond acceptors (Lipinski definition) is 3. The first-order valence-electron chi connectivity index (χ1n) is 8.67. The molecule has 1 aliphatic heterocycles. The third-order valence-corrected chi connectivity index (χ3v) is 5.27. The van der Waals surface area contributed by atoms with Crippen LogP contribution in [0.3, 0.4) is 0 Å². The first kappa shape index (κ1) is 16.9. The lowest BCUT2D eigenvalue weighted by molar-refractivity contribution is -0.132. The molecule has 0 spiro atoms. The van der Waals surface area contributed by atoms with E-state index in [0.29, 0.717) is 35.8 Å². The number of fused-ring (bicyclic) bond motifs is 2. The number of hydrogen-bond donors (Lipinski definition) is 0. The number of rotatable bonds is 3. The fourth-order valence-corrected chi connectivity index (χ4v) is 3.79. The smallest absolute Gasteiger partial charge is 0.408 e. The summed E-state index contributed by atoms with van der Waals surface area (Å²) < 4.78 is 6.71. The normalized spacial score (nSPS) is 13.8. The molecule has 0 aliphatic carbocycles. The maximum Gasteiger partial charge on any atom is 0.419 e. The largest absolute Gasteiger partial charge is 0.419 e. The third kappa shape index (κ3) is 3.03. The van der Waals surface area contributed by atoms with Crippen LogP contribution in [-0.4, -0.2) is 21.9 Å². The number of benzene rings is 2. The fourth-order valence-electron chi connectivity index (χ4n) is 3.63. The molecule has 6 heteroatoms. The Morgan fingerprint density at radius 3 is 2.96 bits per heavy atom. The van der Waals surface area contributed by atoms with Crippen molar-refractivity contribution >= 4 is 28.6 Å². The van der Waals surface area contributed by atoms with Gasteiger partial charge in [0.25, 0.3) is 0 Å². The zero-order chi connectivity index (χ0) is 18.3. The average Bonchev–Trinajstić information content (AvgIpc) is 2.93. The Kier molecular flexibility index (Phi) is 4.32. The van der Waals surface area contributed by atoms with E-state index < -0.39 is 5.76 Å². The van der Waals surface area contributed by atoms with E-state index in [2.05, 4.69) is 19.1 Å². The lowest BCUT2D eigenvalue weighted by Crippen LogP contribution is -2.37. The van der Waals surface area contributed by atoms with Crippen molar-refractivity contribution in [2.45, 2.75) is 32.9 Å². The molecule has 2 heterocycles. The molecule has 1 aliphatic rings. The van der Waals surface area contributed by atoms with E-state index in [9.17, 15) is 9.59 Å². The van der Waals surface area contributed by atoms with Crippen LogP contribution < -0.4 is 5.76 Å². The van der Waals surface area contributed by atoms with Crippen molar-refractivity contribution in [1.82, 2.24) is 9.47 Å². The van der Waals surface area contributed by atoms with Gasteiger partial charge in [-0.1, -0.05) is 29.8 Å². The third-order valence-electron chi connectivity index (χ3n) is 5.03. The standard InChI is InChI=1S/C20H19ClN2O3/c1-13-3-2-4-14-12-22(9-7-16(13)14)19(24)8-10-23-17-6-5-15(21)11-18(17)26-20(23)25/h2-6,11H,7-10,12H2,1H3. The monoisotopic (exact) mass is 370 g/mol. The maximum atomic E-state index is 12.6. The summed E-state index contributed by atoms with van der Waals surface area (Å²) in [7, 11) is 0. The molecule has 1 amide bonds. The minimum Gasteiger partial charge on any atom is -0.408 e. The topological polar surface area (TPSA) is 55.5 Å². The molecule has 0 N–H and O–H groups in total. The summed E-state index contributed by atoms with van der Waals surface area (Å²) >= 11 is 5.93.